The summed E-state index contributed by atoms with van der Waals surface area (Å²) >= 11 is 2.25. The summed E-state index contributed by atoms with van der Waals surface area (Å²) in [4.78, 5) is 8.36. The van der Waals surface area contributed by atoms with E-state index >= 15 is 0 Å². The van der Waals surface area contributed by atoms with E-state index in [-0.39, 0.29) is 6.47 Å². The second kappa shape index (κ2) is 32.8. The molecule has 3 nitrogen and oxygen atoms in total. The van der Waals surface area contributed by atoms with Crippen LogP contribution in [0.2, 0.25) is 0 Å². The third-order valence-electron chi connectivity index (χ3n) is 0. The van der Waals surface area contributed by atoms with Crippen LogP contribution in [0.1, 0.15) is 0 Å². The van der Waals surface area contributed by atoms with Crippen molar-refractivity contribution in [2.24, 2.45) is 4.37 Å². The van der Waals surface area contributed by atoms with Crippen LogP contribution >= 0.6 is 0 Å². The summed E-state index contributed by atoms with van der Waals surface area (Å²) in [6.07, 6.45) is 0. The molecule has 0 aromatic carbocycles. The molecular weight excluding hydrogens is 164 g/mol. The maximum absolute atomic E-state index is 8.36. The minimum absolute atomic E-state index is 0.250. The van der Waals surface area contributed by atoms with Gasteiger partial charge in [0.15, 0.2) is 0 Å². The molecule has 5 heavy (non-hydrogen) atoms. The molecule has 0 amide bonds. The predicted molar refractivity (Wildman–Crippen MR) is 12.9 cm³/mol. The van der Waals surface area contributed by atoms with Gasteiger partial charge >= 0.3 is 23.8 Å². The van der Waals surface area contributed by atoms with Gasteiger partial charge in [-0.2, -0.15) is 0 Å². The number of hydrogen-bond acceptors (Lipinski definition) is 2. The summed E-state index contributed by atoms with van der Waals surface area (Å²) in [5, 5.41) is 6.89. The zero-order valence-corrected chi connectivity index (χ0v) is 3.88. The number of hydrogen-bond donors (Lipinski definition) is 2. The van der Waals surface area contributed by atoms with Gasteiger partial charge in [0.05, 0.1) is 0 Å². The van der Waals surface area contributed by atoms with Gasteiger partial charge in [-0.3, -0.25) is 4.79 Å². The van der Waals surface area contributed by atoms with Crippen molar-refractivity contribution >= 4 is 6.47 Å². The minimum atomic E-state index is -0.250. The first-order valence-electron chi connectivity index (χ1n) is 0.676. The molecule has 0 aliphatic heterocycles. The van der Waals surface area contributed by atoms with Crippen molar-refractivity contribution in [3.63, 3.8) is 0 Å². The monoisotopic (exact) mass is 168 g/mol. The Labute approximate surface area is 40.9 Å². The topological polar surface area (TPSA) is 63.3 Å². The molecule has 4 heteroatoms. The summed E-state index contributed by atoms with van der Waals surface area (Å²) < 4.78 is 4.35. The number of rotatable bonds is 0. The Balaban J connectivity index is 0. The number of carbonyl (C=O) groups is 1. The van der Waals surface area contributed by atoms with E-state index < -0.39 is 0 Å². The molecule has 0 spiro atoms. The molecule has 0 fully saturated rings. The third kappa shape index (κ3) is 2100. The molecule has 0 rings (SSSR count). The molecule has 0 heterocycles. The Bertz CT molecular complexity index is 17.1. The van der Waals surface area contributed by atoms with Crippen LogP contribution in [0.25, 0.3) is 0 Å². The second-order valence-corrected chi connectivity index (χ2v) is 0.105. The van der Waals surface area contributed by atoms with Crippen LogP contribution in [0.15, 0.2) is 0 Å². The SMILES string of the molecule is O=CO.[NH2][Pd]. The Kier molecular flexibility index (Phi) is 58.5. The Morgan fingerprint density at radius 2 is 1.80 bits per heavy atom. The maximum atomic E-state index is 8.36. The zero-order chi connectivity index (χ0) is 4.71. The molecule has 0 atom stereocenters. The molecule has 0 unspecified atom stereocenters. The Morgan fingerprint density at radius 3 is 1.80 bits per heavy atom. The van der Waals surface area contributed by atoms with Gasteiger partial charge in [0, 0.05) is 0 Å². The average Bonchev–Trinajstić information content (AvgIpc) is 1.46. The molecular formula is CH4NO2Pd. The van der Waals surface area contributed by atoms with E-state index in [1.807, 2.05) is 0 Å². The van der Waals surface area contributed by atoms with Crippen LogP contribution in [0.5, 0.6) is 0 Å². The van der Waals surface area contributed by atoms with E-state index in [2.05, 4.69) is 23.8 Å². The van der Waals surface area contributed by atoms with Crippen LogP contribution in [0.4, 0.5) is 0 Å². The summed E-state index contributed by atoms with van der Waals surface area (Å²) in [7, 11) is 0. The van der Waals surface area contributed by atoms with Gasteiger partial charge in [0.1, 0.15) is 0 Å². The summed E-state index contributed by atoms with van der Waals surface area (Å²) in [5.74, 6) is 0. The van der Waals surface area contributed by atoms with E-state index in [1.54, 1.807) is 0 Å². The van der Waals surface area contributed by atoms with Gasteiger partial charge < -0.3 is 5.11 Å². The van der Waals surface area contributed by atoms with Crippen molar-refractivity contribution in [1.29, 1.82) is 0 Å². The molecule has 0 radical (unpaired) electrons. The van der Waals surface area contributed by atoms with Crippen molar-refractivity contribution in [3.05, 3.63) is 0 Å². The number of nitrogens with two attached hydrogens (primary N) is 1. The predicted octanol–water partition coefficient (Wildman–Crippen LogP) is -0.892. The standard InChI is InChI=1S/CH2O2.H2N.Pd/c2-1-3;;/h1H,(H,2,3);1H2;/q;-1;+1. The summed E-state index contributed by atoms with van der Waals surface area (Å²) in [6.45, 7) is -0.250. The van der Waals surface area contributed by atoms with Crippen LogP contribution in [-0.4, -0.2) is 11.6 Å². The summed E-state index contributed by atoms with van der Waals surface area (Å²) in [5.41, 5.74) is 0. The fourth-order valence-electron chi connectivity index (χ4n) is 0. The molecule has 0 bridgehead atoms. The molecule has 35 valence electrons. The fourth-order valence-corrected chi connectivity index (χ4v) is 0. The van der Waals surface area contributed by atoms with E-state index in [1.165, 1.54) is 0 Å². The second-order valence-electron chi connectivity index (χ2n) is 0.105. The first-order valence-corrected chi connectivity index (χ1v) is 1.57. The molecule has 0 aliphatic carbocycles. The van der Waals surface area contributed by atoms with Crippen LogP contribution in [0, 0.1) is 0 Å². The third-order valence-corrected chi connectivity index (χ3v) is 0. The van der Waals surface area contributed by atoms with Gasteiger partial charge in [-0.15, -0.1) is 0 Å². The molecule has 0 saturated heterocycles. The van der Waals surface area contributed by atoms with Gasteiger partial charge in [-0.05, 0) is 0 Å². The van der Waals surface area contributed by atoms with E-state index in [0.29, 0.717) is 0 Å². The van der Waals surface area contributed by atoms with Crippen LogP contribution < -0.4 is 4.37 Å². The molecule has 0 aliphatic rings. The van der Waals surface area contributed by atoms with Crippen LogP contribution in [-0.2, 0) is 24.2 Å². The fraction of sp³-hybridized carbons (Fsp3) is 0. The zero-order valence-electron chi connectivity index (χ0n) is 2.33. The van der Waals surface area contributed by atoms with E-state index in [4.69, 9.17) is 9.90 Å². The Morgan fingerprint density at radius 1 is 1.80 bits per heavy atom. The average molecular weight is 168 g/mol. The van der Waals surface area contributed by atoms with Crippen LogP contribution in [0.3, 0.4) is 0 Å². The van der Waals surface area contributed by atoms with Gasteiger partial charge in [-0.1, -0.05) is 0 Å². The van der Waals surface area contributed by atoms with Crippen molar-refractivity contribution in [3.8, 4) is 0 Å². The van der Waals surface area contributed by atoms with Crippen molar-refractivity contribution in [2.45, 2.75) is 0 Å². The van der Waals surface area contributed by atoms with Crippen molar-refractivity contribution in [2.75, 3.05) is 0 Å². The van der Waals surface area contributed by atoms with Gasteiger partial charge in [0.2, 0.25) is 0 Å². The quantitative estimate of drug-likeness (QED) is 0.364. The number of carboxylic acid groups (broad SMARTS) is 1. The molecule has 0 saturated carbocycles. The van der Waals surface area contributed by atoms with Crippen molar-refractivity contribution < 1.29 is 29.3 Å². The van der Waals surface area contributed by atoms with E-state index in [0.717, 1.165) is 0 Å². The van der Waals surface area contributed by atoms with Gasteiger partial charge in [0.25, 0.3) is 6.47 Å². The Hall–Kier alpha value is 0.0923. The normalized spacial score (nSPS) is 3.80. The molecule has 3 N–H and O–H groups in total. The first kappa shape index (κ1) is 8.92. The van der Waals surface area contributed by atoms with E-state index in [9.17, 15) is 0 Å². The molecule has 0 aromatic rings. The molecule has 0 aromatic heterocycles. The summed E-state index contributed by atoms with van der Waals surface area (Å²) in [6, 6.07) is 0. The van der Waals surface area contributed by atoms with Crippen molar-refractivity contribution in [1.82, 2.24) is 0 Å². The van der Waals surface area contributed by atoms with Gasteiger partial charge in [-0.25, -0.2) is 0 Å². The first-order chi connectivity index (χ1) is 2.41.